The maximum absolute atomic E-state index is 12.4. The Balaban J connectivity index is 2.26. The van der Waals surface area contributed by atoms with Gasteiger partial charge in [-0.3, -0.25) is 4.79 Å². The van der Waals surface area contributed by atoms with Crippen molar-refractivity contribution < 1.29 is 14.7 Å². The van der Waals surface area contributed by atoms with Crippen LogP contribution < -0.4 is 5.32 Å². The molecular formula is C15H19ClN2O3. The van der Waals surface area contributed by atoms with Gasteiger partial charge in [-0.25, -0.2) is 9.78 Å². The van der Waals surface area contributed by atoms with Crippen LogP contribution in [0.1, 0.15) is 61.5 Å². The van der Waals surface area contributed by atoms with E-state index in [4.69, 9.17) is 11.6 Å². The zero-order valence-electron chi connectivity index (χ0n) is 12.1. The van der Waals surface area contributed by atoms with E-state index in [1.165, 1.54) is 6.07 Å². The normalized spacial score (nSPS) is 17.0. The van der Waals surface area contributed by atoms with Gasteiger partial charge in [-0.15, -0.1) is 0 Å². The topological polar surface area (TPSA) is 79.3 Å². The van der Waals surface area contributed by atoms with Crippen molar-refractivity contribution in [2.75, 3.05) is 0 Å². The highest BCUT2D eigenvalue weighted by Crippen LogP contribution is 2.30. The summed E-state index contributed by atoms with van der Waals surface area (Å²) in [4.78, 5) is 28.0. The Morgan fingerprint density at radius 2 is 1.95 bits per heavy atom. The van der Waals surface area contributed by atoms with Gasteiger partial charge in [0.15, 0.2) is 0 Å². The predicted molar refractivity (Wildman–Crippen MR) is 79.6 cm³/mol. The fourth-order valence-corrected chi connectivity index (χ4v) is 2.82. The summed E-state index contributed by atoms with van der Waals surface area (Å²) in [6.07, 6.45) is 2.54. The second kappa shape index (κ2) is 6.02. The third-order valence-corrected chi connectivity index (χ3v) is 4.08. The zero-order valence-corrected chi connectivity index (χ0v) is 12.9. The molecule has 0 radical (unpaired) electrons. The summed E-state index contributed by atoms with van der Waals surface area (Å²) in [5, 5.41) is 12.3. The first kappa shape index (κ1) is 15.8. The van der Waals surface area contributed by atoms with Crippen LogP contribution in [0.3, 0.4) is 0 Å². The molecule has 0 aliphatic heterocycles. The summed E-state index contributed by atoms with van der Waals surface area (Å²) in [6.45, 7) is 3.91. The van der Waals surface area contributed by atoms with E-state index in [2.05, 4.69) is 10.3 Å². The minimum Gasteiger partial charge on any atom is -0.480 e. The van der Waals surface area contributed by atoms with Gasteiger partial charge in [0, 0.05) is 11.3 Å². The van der Waals surface area contributed by atoms with Gasteiger partial charge >= 0.3 is 5.97 Å². The molecule has 1 fully saturated rings. The van der Waals surface area contributed by atoms with Gasteiger partial charge < -0.3 is 10.4 Å². The molecule has 1 aromatic heterocycles. The van der Waals surface area contributed by atoms with Crippen LogP contribution >= 0.6 is 11.6 Å². The van der Waals surface area contributed by atoms with Crippen molar-refractivity contribution in [3.63, 3.8) is 0 Å². The van der Waals surface area contributed by atoms with Gasteiger partial charge in [-0.2, -0.15) is 0 Å². The molecular weight excluding hydrogens is 292 g/mol. The van der Waals surface area contributed by atoms with E-state index < -0.39 is 17.4 Å². The second-order valence-corrected chi connectivity index (χ2v) is 6.19. The van der Waals surface area contributed by atoms with Gasteiger partial charge in [0.25, 0.3) is 5.91 Å². The molecule has 1 heterocycles. The van der Waals surface area contributed by atoms with Crippen molar-refractivity contribution >= 4 is 23.5 Å². The molecule has 1 aliphatic rings. The predicted octanol–water partition coefficient (Wildman–Crippen LogP) is 2.99. The van der Waals surface area contributed by atoms with Crippen LogP contribution in [-0.4, -0.2) is 27.5 Å². The lowest BCUT2D eigenvalue weighted by molar-refractivity contribution is -0.144. The molecule has 21 heavy (non-hydrogen) atoms. The van der Waals surface area contributed by atoms with Crippen molar-refractivity contribution in [3.8, 4) is 0 Å². The van der Waals surface area contributed by atoms with E-state index in [0.717, 1.165) is 12.8 Å². The molecule has 1 aromatic rings. The molecule has 0 saturated heterocycles. The third-order valence-electron chi connectivity index (χ3n) is 3.89. The SMILES string of the molecule is CC(C)c1cc(C(=O)NC2(C(=O)O)CCCC2)cc(Cl)n1. The average molecular weight is 311 g/mol. The number of rotatable bonds is 4. The van der Waals surface area contributed by atoms with Gasteiger partial charge in [-0.1, -0.05) is 38.3 Å². The van der Waals surface area contributed by atoms with Crippen LogP contribution in [-0.2, 0) is 4.79 Å². The summed E-state index contributed by atoms with van der Waals surface area (Å²) in [5.74, 6) is -1.25. The van der Waals surface area contributed by atoms with Gasteiger partial charge in [0.05, 0.1) is 0 Å². The Labute approximate surface area is 128 Å². The number of carbonyl (C=O) groups excluding carboxylic acids is 1. The molecule has 2 rings (SSSR count). The fourth-order valence-electron chi connectivity index (χ4n) is 2.60. The Hall–Kier alpha value is -1.62. The summed E-state index contributed by atoms with van der Waals surface area (Å²) in [5.41, 5.74) is -0.0835. The number of pyridine rings is 1. The summed E-state index contributed by atoms with van der Waals surface area (Å²) in [6, 6.07) is 3.13. The van der Waals surface area contributed by atoms with E-state index in [9.17, 15) is 14.7 Å². The number of nitrogens with zero attached hydrogens (tertiary/aromatic N) is 1. The number of halogens is 1. The molecule has 1 aliphatic carbocycles. The molecule has 1 saturated carbocycles. The fraction of sp³-hybridized carbons (Fsp3) is 0.533. The van der Waals surface area contributed by atoms with E-state index in [1.807, 2.05) is 13.8 Å². The zero-order chi connectivity index (χ0) is 15.6. The van der Waals surface area contributed by atoms with Crippen LogP contribution in [0.15, 0.2) is 12.1 Å². The molecule has 0 unspecified atom stereocenters. The standard InChI is InChI=1S/C15H19ClN2O3/c1-9(2)11-7-10(8-12(16)17-11)13(19)18-15(14(20)21)5-3-4-6-15/h7-9H,3-6H2,1-2H3,(H,18,19)(H,20,21). The van der Waals surface area contributed by atoms with Crippen LogP contribution in [0, 0.1) is 0 Å². The Bertz CT molecular complexity index is 566. The van der Waals surface area contributed by atoms with Crippen LogP contribution in [0.4, 0.5) is 0 Å². The van der Waals surface area contributed by atoms with Crippen molar-refractivity contribution in [2.45, 2.75) is 51.0 Å². The molecule has 114 valence electrons. The quantitative estimate of drug-likeness (QED) is 0.838. The lowest BCUT2D eigenvalue weighted by Gasteiger charge is -2.25. The highest BCUT2D eigenvalue weighted by atomic mass is 35.5. The van der Waals surface area contributed by atoms with E-state index in [0.29, 0.717) is 24.1 Å². The minimum absolute atomic E-state index is 0.134. The number of hydrogen-bond donors (Lipinski definition) is 2. The number of nitrogens with one attached hydrogen (secondary N) is 1. The number of aromatic nitrogens is 1. The maximum Gasteiger partial charge on any atom is 0.329 e. The van der Waals surface area contributed by atoms with Crippen molar-refractivity contribution in [3.05, 3.63) is 28.5 Å². The largest absolute Gasteiger partial charge is 0.480 e. The minimum atomic E-state index is -1.15. The Morgan fingerprint density at radius 3 is 2.48 bits per heavy atom. The molecule has 6 heteroatoms. The molecule has 2 N–H and O–H groups in total. The molecule has 5 nitrogen and oxygen atoms in total. The number of aliphatic carboxylic acids is 1. The summed E-state index contributed by atoms with van der Waals surface area (Å²) < 4.78 is 0. The molecule has 0 spiro atoms. The second-order valence-electron chi connectivity index (χ2n) is 5.81. The first-order valence-electron chi connectivity index (χ1n) is 7.07. The number of hydrogen-bond acceptors (Lipinski definition) is 3. The van der Waals surface area contributed by atoms with Crippen LogP contribution in [0.25, 0.3) is 0 Å². The number of carbonyl (C=O) groups is 2. The lowest BCUT2D eigenvalue weighted by atomic mass is 9.97. The van der Waals surface area contributed by atoms with Gasteiger partial charge in [0.2, 0.25) is 0 Å². The van der Waals surface area contributed by atoms with Gasteiger partial charge in [-0.05, 0) is 30.9 Å². The van der Waals surface area contributed by atoms with Crippen molar-refractivity contribution in [1.29, 1.82) is 0 Å². The lowest BCUT2D eigenvalue weighted by Crippen LogP contribution is -2.52. The van der Waals surface area contributed by atoms with Crippen molar-refractivity contribution in [1.82, 2.24) is 10.3 Å². The first-order valence-corrected chi connectivity index (χ1v) is 7.45. The molecule has 0 atom stereocenters. The number of carboxylic acid groups (broad SMARTS) is 1. The summed E-state index contributed by atoms with van der Waals surface area (Å²) in [7, 11) is 0. The Kier molecular flexibility index (Phi) is 4.52. The highest BCUT2D eigenvalue weighted by Gasteiger charge is 2.42. The number of amides is 1. The summed E-state index contributed by atoms with van der Waals surface area (Å²) >= 11 is 5.94. The highest BCUT2D eigenvalue weighted by molar-refractivity contribution is 6.29. The van der Waals surface area contributed by atoms with Crippen LogP contribution in [0.5, 0.6) is 0 Å². The average Bonchev–Trinajstić information content (AvgIpc) is 2.87. The first-order chi connectivity index (χ1) is 9.84. The third kappa shape index (κ3) is 3.35. The van der Waals surface area contributed by atoms with Gasteiger partial charge in [0.1, 0.15) is 10.7 Å². The Morgan fingerprint density at radius 1 is 1.33 bits per heavy atom. The maximum atomic E-state index is 12.4. The monoisotopic (exact) mass is 310 g/mol. The molecule has 0 aromatic carbocycles. The van der Waals surface area contributed by atoms with E-state index >= 15 is 0 Å². The van der Waals surface area contributed by atoms with Crippen molar-refractivity contribution in [2.24, 2.45) is 0 Å². The smallest absolute Gasteiger partial charge is 0.329 e. The molecule has 0 bridgehead atoms. The van der Waals surface area contributed by atoms with E-state index in [1.54, 1.807) is 6.07 Å². The molecule has 1 amide bonds. The number of carboxylic acids is 1. The van der Waals surface area contributed by atoms with Crippen LogP contribution in [0.2, 0.25) is 5.15 Å². The van der Waals surface area contributed by atoms with E-state index in [-0.39, 0.29) is 11.1 Å².